The van der Waals surface area contributed by atoms with E-state index in [1.807, 2.05) is 6.92 Å². The third-order valence-electron chi connectivity index (χ3n) is 3.13. The maximum atomic E-state index is 11.3. The first kappa shape index (κ1) is 12.8. The number of carbonyl (C=O) groups is 1. The maximum absolute atomic E-state index is 11.3. The van der Waals surface area contributed by atoms with Crippen LogP contribution in [0.15, 0.2) is 4.34 Å². The molecular weight excluding hydrogens is 258 g/mol. The molecule has 0 aliphatic heterocycles. The molecule has 0 aromatic carbocycles. The third kappa shape index (κ3) is 2.61. The minimum atomic E-state index is -0.753. The predicted octanol–water partition coefficient (Wildman–Crippen LogP) is 1.53. The second kappa shape index (κ2) is 4.91. The van der Waals surface area contributed by atoms with E-state index in [2.05, 4.69) is 15.5 Å². The number of nitrogens with one attached hydrogen (secondary N) is 1. The lowest BCUT2D eigenvalue weighted by atomic mass is 9.99. The molecule has 0 bridgehead atoms. The van der Waals surface area contributed by atoms with Gasteiger partial charge in [-0.25, -0.2) is 0 Å². The van der Waals surface area contributed by atoms with Gasteiger partial charge in [-0.05, 0) is 33.2 Å². The molecule has 2 rings (SSSR count). The average molecular weight is 273 g/mol. The van der Waals surface area contributed by atoms with Gasteiger partial charge in [-0.3, -0.25) is 4.79 Å². The van der Waals surface area contributed by atoms with Crippen molar-refractivity contribution in [1.82, 2.24) is 15.5 Å². The minimum absolute atomic E-state index is 0.311. The fourth-order valence-corrected chi connectivity index (χ4v) is 4.45. The molecule has 2 unspecified atom stereocenters. The van der Waals surface area contributed by atoms with Crippen molar-refractivity contribution in [2.24, 2.45) is 0 Å². The highest BCUT2D eigenvalue weighted by Crippen LogP contribution is 2.40. The Balaban J connectivity index is 2.00. The Morgan fingerprint density at radius 2 is 2.41 bits per heavy atom. The first-order chi connectivity index (χ1) is 8.05. The molecule has 0 amide bonds. The van der Waals surface area contributed by atoms with Gasteiger partial charge in [-0.15, -0.1) is 10.2 Å². The molecule has 2 N–H and O–H groups in total. The average Bonchev–Trinajstić information content (AvgIpc) is 2.87. The Morgan fingerprint density at radius 1 is 1.65 bits per heavy atom. The molecule has 1 aliphatic rings. The summed E-state index contributed by atoms with van der Waals surface area (Å²) in [5.41, 5.74) is -0.753. The number of carboxylic acid groups (broad SMARTS) is 1. The second-order valence-electron chi connectivity index (χ2n) is 4.21. The van der Waals surface area contributed by atoms with E-state index in [1.165, 1.54) is 0 Å². The molecular formula is C10H15N3O2S2. The summed E-state index contributed by atoms with van der Waals surface area (Å²) in [4.78, 5) is 11.3. The van der Waals surface area contributed by atoms with Gasteiger partial charge in [-0.1, -0.05) is 23.1 Å². The van der Waals surface area contributed by atoms with Crippen LogP contribution in [-0.2, 0) is 4.79 Å². The third-order valence-corrected chi connectivity index (χ3v) is 5.32. The lowest BCUT2D eigenvalue weighted by molar-refractivity contribution is -0.144. The first-order valence-corrected chi connectivity index (χ1v) is 7.14. The van der Waals surface area contributed by atoms with Crippen LogP contribution >= 0.6 is 23.1 Å². The van der Waals surface area contributed by atoms with Crippen LogP contribution in [0.5, 0.6) is 0 Å². The Labute approximate surface area is 108 Å². The standard InChI is InChI=1S/C10H15N3O2S2/c1-6-12-13-9(16-6)17-7-3-4-10(5-7,11-2)8(14)15/h7,11H,3-5H2,1-2H3,(H,14,15). The first-order valence-electron chi connectivity index (χ1n) is 5.45. The number of hydrogen-bond donors (Lipinski definition) is 2. The van der Waals surface area contributed by atoms with Crippen molar-refractivity contribution in [2.45, 2.75) is 41.3 Å². The summed E-state index contributed by atoms with van der Waals surface area (Å²) in [6.07, 6.45) is 2.22. The number of aromatic nitrogens is 2. The fourth-order valence-electron chi connectivity index (χ4n) is 2.10. The van der Waals surface area contributed by atoms with Crippen molar-refractivity contribution < 1.29 is 9.90 Å². The van der Waals surface area contributed by atoms with Gasteiger partial charge in [0.05, 0.1) is 0 Å². The van der Waals surface area contributed by atoms with E-state index in [4.69, 9.17) is 0 Å². The molecule has 17 heavy (non-hydrogen) atoms. The zero-order valence-electron chi connectivity index (χ0n) is 9.77. The Hall–Kier alpha value is -0.660. The Kier molecular flexibility index (Phi) is 3.70. The molecule has 7 heteroatoms. The summed E-state index contributed by atoms with van der Waals surface area (Å²) in [6, 6.07) is 0. The van der Waals surface area contributed by atoms with Crippen molar-refractivity contribution >= 4 is 29.1 Å². The molecule has 94 valence electrons. The van der Waals surface area contributed by atoms with Crippen LogP contribution < -0.4 is 5.32 Å². The molecule has 1 heterocycles. The van der Waals surface area contributed by atoms with Gasteiger partial charge in [0.2, 0.25) is 0 Å². The second-order valence-corrected chi connectivity index (χ2v) is 6.94. The SMILES string of the molecule is CNC1(C(=O)O)CCC(Sc2nnc(C)s2)C1. The Bertz CT molecular complexity index is 423. The van der Waals surface area contributed by atoms with Crippen molar-refractivity contribution in [3.63, 3.8) is 0 Å². The topological polar surface area (TPSA) is 75.1 Å². The smallest absolute Gasteiger partial charge is 0.323 e. The molecule has 0 radical (unpaired) electrons. The van der Waals surface area contributed by atoms with Crippen LogP contribution in [0, 0.1) is 6.92 Å². The molecule has 1 fully saturated rings. The van der Waals surface area contributed by atoms with Gasteiger partial charge < -0.3 is 10.4 Å². The van der Waals surface area contributed by atoms with Gasteiger partial charge >= 0.3 is 5.97 Å². The number of nitrogens with zero attached hydrogens (tertiary/aromatic N) is 2. The molecule has 2 atom stereocenters. The molecule has 1 aromatic rings. The Morgan fingerprint density at radius 3 is 2.88 bits per heavy atom. The van der Waals surface area contributed by atoms with Crippen LogP contribution in [0.25, 0.3) is 0 Å². The molecule has 5 nitrogen and oxygen atoms in total. The summed E-state index contributed by atoms with van der Waals surface area (Å²) in [7, 11) is 1.72. The van der Waals surface area contributed by atoms with Crippen LogP contribution in [-0.4, -0.2) is 39.1 Å². The zero-order valence-corrected chi connectivity index (χ0v) is 11.4. The van der Waals surface area contributed by atoms with E-state index >= 15 is 0 Å². The highest BCUT2D eigenvalue weighted by Gasteiger charge is 2.44. The fraction of sp³-hybridized carbons (Fsp3) is 0.700. The highest BCUT2D eigenvalue weighted by molar-refractivity contribution is 8.01. The summed E-state index contributed by atoms with van der Waals surface area (Å²) in [5, 5.41) is 21.5. The monoisotopic (exact) mass is 273 g/mol. The number of thioether (sulfide) groups is 1. The van der Waals surface area contributed by atoms with Gasteiger partial charge in [-0.2, -0.15) is 0 Å². The van der Waals surface area contributed by atoms with Crippen LogP contribution in [0.3, 0.4) is 0 Å². The maximum Gasteiger partial charge on any atom is 0.323 e. The lowest BCUT2D eigenvalue weighted by Gasteiger charge is -2.23. The van der Waals surface area contributed by atoms with Gasteiger partial charge in [0.15, 0.2) is 4.34 Å². The van der Waals surface area contributed by atoms with Gasteiger partial charge in [0, 0.05) is 5.25 Å². The zero-order chi connectivity index (χ0) is 12.5. The van der Waals surface area contributed by atoms with Gasteiger partial charge in [0.1, 0.15) is 10.5 Å². The molecule has 1 aromatic heterocycles. The highest BCUT2D eigenvalue weighted by atomic mass is 32.2. The van der Waals surface area contributed by atoms with E-state index in [9.17, 15) is 9.90 Å². The number of hydrogen-bond acceptors (Lipinski definition) is 6. The number of aryl methyl sites for hydroxylation is 1. The quantitative estimate of drug-likeness (QED) is 0.866. The van der Waals surface area contributed by atoms with Crippen LogP contribution in [0.4, 0.5) is 0 Å². The van der Waals surface area contributed by atoms with Gasteiger partial charge in [0.25, 0.3) is 0 Å². The van der Waals surface area contributed by atoms with Crippen molar-refractivity contribution in [3.8, 4) is 0 Å². The van der Waals surface area contributed by atoms with Crippen molar-refractivity contribution in [2.75, 3.05) is 7.05 Å². The minimum Gasteiger partial charge on any atom is -0.480 e. The predicted molar refractivity (Wildman–Crippen MR) is 67.6 cm³/mol. The van der Waals surface area contributed by atoms with E-state index in [-0.39, 0.29) is 0 Å². The van der Waals surface area contributed by atoms with E-state index in [1.54, 1.807) is 30.1 Å². The number of rotatable bonds is 4. The van der Waals surface area contributed by atoms with Crippen molar-refractivity contribution in [3.05, 3.63) is 5.01 Å². The van der Waals surface area contributed by atoms with Crippen LogP contribution in [0.1, 0.15) is 24.3 Å². The number of carboxylic acids is 1. The van der Waals surface area contributed by atoms with E-state index in [0.29, 0.717) is 18.1 Å². The largest absolute Gasteiger partial charge is 0.480 e. The molecule has 0 saturated heterocycles. The normalized spacial score (nSPS) is 28.5. The molecule has 0 spiro atoms. The van der Waals surface area contributed by atoms with Crippen molar-refractivity contribution in [1.29, 1.82) is 0 Å². The van der Waals surface area contributed by atoms with E-state index in [0.717, 1.165) is 15.8 Å². The molecule has 1 saturated carbocycles. The molecule has 1 aliphatic carbocycles. The number of aliphatic carboxylic acids is 1. The summed E-state index contributed by atoms with van der Waals surface area (Å²) >= 11 is 3.21. The van der Waals surface area contributed by atoms with E-state index < -0.39 is 11.5 Å². The summed E-state index contributed by atoms with van der Waals surface area (Å²) in [6.45, 7) is 1.92. The summed E-state index contributed by atoms with van der Waals surface area (Å²) < 4.78 is 0.935. The number of likely N-dealkylation sites (N-methyl/N-ethyl adjacent to an activating group) is 1. The van der Waals surface area contributed by atoms with Crippen LogP contribution in [0.2, 0.25) is 0 Å². The summed E-state index contributed by atoms with van der Waals surface area (Å²) in [5.74, 6) is -0.753. The lowest BCUT2D eigenvalue weighted by Crippen LogP contribution is -2.48.